The summed E-state index contributed by atoms with van der Waals surface area (Å²) in [4.78, 5) is 17.4. The van der Waals surface area contributed by atoms with Crippen molar-refractivity contribution in [3.63, 3.8) is 0 Å². The molecule has 1 N–H and O–H groups in total. The molecule has 0 aliphatic carbocycles. The summed E-state index contributed by atoms with van der Waals surface area (Å²) in [5.74, 6) is -0.460. The second-order valence-corrected chi connectivity index (χ2v) is 8.76. The van der Waals surface area contributed by atoms with Crippen molar-refractivity contribution in [2.45, 2.75) is 31.4 Å². The van der Waals surface area contributed by atoms with Crippen LogP contribution in [0.25, 0.3) is 0 Å². The van der Waals surface area contributed by atoms with Crippen molar-refractivity contribution in [2.24, 2.45) is 0 Å². The van der Waals surface area contributed by atoms with Crippen LogP contribution in [0.1, 0.15) is 32.9 Å². The third-order valence-electron chi connectivity index (χ3n) is 4.41. The fourth-order valence-electron chi connectivity index (χ4n) is 3.13. The van der Waals surface area contributed by atoms with Crippen molar-refractivity contribution in [3.05, 3.63) is 88.7 Å². The first-order valence-corrected chi connectivity index (χ1v) is 10.5. The Labute approximate surface area is 165 Å². The zero-order valence-corrected chi connectivity index (χ0v) is 16.9. The maximum atomic E-state index is 12.7. The molecule has 0 bridgehead atoms. The average molecular weight is 394 g/mol. The van der Waals surface area contributed by atoms with Crippen LogP contribution in [-0.4, -0.2) is 19.3 Å². The quantitative estimate of drug-likeness (QED) is 0.702. The maximum absolute atomic E-state index is 12.7. The lowest BCUT2D eigenvalue weighted by Crippen LogP contribution is -2.15. The first kappa shape index (κ1) is 19.8. The third kappa shape index (κ3) is 4.46. The summed E-state index contributed by atoms with van der Waals surface area (Å²) in [6.45, 7) is 5.67. The van der Waals surface area contributed by atoms with Crippen LogP contribution in [-0.2, 0) is 15.6 Å². The Morgan fingerprint density at radius 2 is 1.68 bits per heavy atom. The van der Waals surface area contributed by atoms with Gasteiger partial charge in [0.15, 0.2) is 9.84 Å². The Balaban J connectivity index is 1.83. The van der Waals surface area contributed by atoms with Gasteiger partial charge in [0.2, 0.25) is 0 Å². The summed E-state index contributed by atoms with van der Waals surface area (Å²) in [6, 6.07) is 16.9. The molecule has 5 nitrogen and oxygen atoms in total. The monoisotopic (exact) mass is 394 g/mol. The Bertz CT molecular complexity index is 1100. The number of nitrogens with one attached hydrogen (secondary N) is 1. The van der Waals surface area contributed by atoms with E-state index in [1.807, 2.05) is 26.8 Å². The van der Waals surface area contributed by atoms with Crippen molar-refractivity contribution >= 4 is 21.4 Å². The van der Waals surface area contributed by atoms with Crippen molar-refractivity contribution < 1.29 is 13.2 Å². The topological polar surface area (TPSA) is 76.1 Å². The maximum Gasteiger partial charge on any atom is 0.255 e. The first-order chi connectivity index (χ1) is 13.3. The molecule has 1 aromatic heterocycles. The van der Waals surface area contributed by atoms with Crippen molar-refractivity contribution in [1.82, 2.24) is 4.98 Å². The molecule has 0 radical (unpaired) electrons. The van der Waals surface area contributed by atoms with Gasteiger partial charge >= 0.3 is 0 Å². The van der Waals surface area contributed by atoms with Crippen molar-refractivity contribution in [2.75, 3.05) is 5.32 Å². The molecule has 0 spiro atoms. The molecule has 1 heterocycles. The van der Waals surface area contributed by atoms with Crippen LogP contribution in [0.3, 0.4) is 0 Å². The summed E-state index contributed by atoms with van der Waals surface area (Å²) >= 11 is 0. The van der Waals surface area contributed by atoms with Gasteiger partial charge < -0.3 is 5.32 Å². The SMILES string of the molecule is Cc1cc(C)c(NC(=O)c2cccc(CS(=O)(=O)c3ccccc3)c2)c(C)n1. The molecule has 0 aliphatic heterocycles. The summed E-state index contributed by atoms with van der Waals surface area (Å²) in [5.41, 5.74) is 4.21. The Morgan fingerprint density at radius 3 is 2.36 bits per heavy atom. The zero-order chi connectivity index (χ0) is 20.3. The molecule has 144 valence electrons. The Kier molecular flexibility index (Phi) is 5.61. The van der Waals surface area contributed by atoms with Gasteiger partial charge in [0.1, 0.15) is 0 Å². The second-order valence-electron chi connectivity index (χ2n) is 6.77. The number of nitrogens with zero attached hydrogens (tertiary/aromatic N) is 1. The van der Waals surface area contributed by atoms with E-state index in [1.165, 1.54) is 0 Å². The van der Waals surface area contributed by atoms with Gasteiger partial charge in [0, 0.05) is 11.3 Å². The van der Waals surface area contributed by atoms with Crippen LogP contribution in [0, 0.1) is 20.8 Å². The molecule has 3 aromatic rings. The van der Waals surface area contributed by atoms with Crippen LogP contribution < -0.4 is 5.32 Å². The van der Waals surface area contributed by atoms with Gasteiger partial charge in [-0.2, -0.15) is 0 Å². The number of hydrogen-bond acceptors (Lipinski definition) is 4. The number of benzene rings is 2. The fourth-order valence-corrected chi connectivity index (χ4v) is 4.49. The molecule has 0 unspecified atom stereocenters. The van der Waals surface area contributed by atoms with Gasteiger partial charge in [-0.15, -0.1) is 0 Å². The van der Waals surface area contributed by atoms with E-state index in [0.717, 1.165) is 17.0 Å². The number of rotatable bonds is 5. The molecular formula is C22H22N2O3S. The summed E-state index contributed by atoms with van der Waals surface area (Å²) < 4.78 is 25.2. The van der Waals surface area contributed by atoms with Gasteiger partial charge in [-0.25, -0.2) is 8.42 Å². The fraction of sp³-hybridized carbons (Fsp3) is 0.182. The number of amides is 1. The van der Waals surface area contributed by atoms with Gasteiger partial charge in [-0.1, -0.05) is 30.3 Å². The van der Waals surface area contributed by atoms with E-state index < -0.39 is 9.84 Å². The van der Waals surface area contributed by atoms with E-state index in [2.05, 4.69) is 10.3 Å². The lowest BCUT2D eigenvalue weighted by atomic mass is 10.1. The molecular weight excluding hydrogens is 372 g/mol. The Morgan fingerprint density at radius 1 is 0.964 bits per heavy atom. The molecule has 0 aliphatic rings. The smallest absolute Gasteiger partial charge is 0.255 e. The highest BCUT2D eigenvalue weighted by Gasteiger charge is 2.17. The third-order valence-corrected chi connectivity index (χ3v) is 6.12. The standard InChI is InChI=1S/C22H22N2O3S/c1-15-12-16(2)23-17(3)21(15)24-22(25)19-9-7-8-18(13-19)14-28(26,27)20-10-5-4-6-11-20/h4-13H,14H2,1-3H3,(H,24,25). The summed E-state index contributed by atoms with van der Waals surface area (Å²) in [7, 11) is -3.47. The summed E-state index contributed by atoms with van der Waals surface area (Å²) in [6.07, 6.45) is 0. The molecule has 1 amide bonds. The average Bonchev–Trinajstić information content (AvgIpc) is 2.65. The number of aromatic nitrogens is 1. The number of hydrogen-bond donors (Lipinski definition) is 1. The number of anilines is 1. The minimum absolute atomic E-state index is 0.164. The highest BCUT2D eigenvalue weighted by Crippen LogP contribution is 2.21. The summed E-state index contributed by atoms with van der Waals surface area (Å²) in [5, 5.41) is 2.89. The number of aryl methyl sites for hydroxylation is 3. The first-order valence-electron chi connectivity index (χ1n) is 8.89. The normalized spacial score (nSPS) is 11.2. The minimum atomic E-state index is -3.47. The highest BCUT2D eigenvalue weighted by molar-refractivity contribution is 7.90. The predicted octanol–water partition coefficient (Wildman–Crippen LogP) is 4.23. The molecule has 28 heavy (non-hydrogen) atoms. The molecule has 2 aromatic carbocycles. The molecule has 0 saturated carbocycles. The number of sulfone groups is 1. The molecule has 0 saturated heterocycles. The van der Waals surface area contributed by atoms with Crippen molar-refractivity contribution in [3.8, 4) is 0 Å². The van der Waals surface area contributed by atoms with E-state index in [9.17, 15) is 13.2 Å². The number of pyridine rings is 1. The van der Waals surface area contributed by atoms with Crippen LogP contribution >= 0.6 is 0 Å². The van der Waals surface area contributed by atoms with E-state index in [-0.39, 0.29) is 16.6 Å². The van der Waals surface area contributed by atoms with Gasteiger partial charge in [-0.05, 0) is 62.2 Å². The second kappa shape index (κ2) is 7.94. The van der Waals surface area contributed by atoms with Crippen LogP contribution in [0.4, 0.5) is 5.69 Å². The minimum Gasteiger partial charge on any atom is -0.320 e. The van der Waals surface area contributed by atoms with Gasteiger partial charge in [0.25, 0.3) is 5.91 Å². The molecule has 0 fully saturated rings. The largest absolute Gasteiger partial charge is 0.320 e. The van der Waals surface area contributed by atoms with Crippen LogP contribution in [0.5, 0.6) is 0 Å². The molecule has 6 heteroatoms. The van der Waals surface area contributed by atoms with Crippen LogP contribution in [0.2, 0.25) is 0 Å². The number of carbonyl (C=O) groups is 1. The number of carbonyl (C=O) groups excluding carboxylic acids is 1. The lowest BCUT2D eigenvalue weighted by molar-refractivity contribution is 0.102. The van der Waals surface area contributed by atoms with E-state index in [0.29, 0.717) is 16.8 Å². The lowest BCUT2D eigenvalue weighted by Gasteiger charge is -2.12. The van der Waals surface area contributed by atoms with Crippen molar-refractivity contribution in [1.29, 1.82) is 0 Å². The van der Waals surface area contributed by atoms with E-state index >= 15 is 0 Å². The van der Waals surface area contributed by atoms with Gasteiger partial charge in [0.05, 0.1) is 22.0 Å². The molecule has 0 atom stereocenters. The van der Waals surface area contributed by atoms with E-state index in [1.54, 1.807) is 54.6 Å². The highest BCUT2D eigenvalue weighted by atomic mass is 32.2. The van der Waals surface area contributed by atoms with Crippen LogP contribution in [0.15, 0.2) is 65.6 Å². The van der Waals surface area contributed by atoms with E-state index in [4.69, 9.17) is 0 Å². The molecule has 3 rings (SSSR count). The Hall–Kier alpha value is -2.99. The zero-order valence-electron chi connectivity index (χ0n) is 16.1. The predicted molar refractivity (Wildman–Crippen MR) is 110 cm³/mol. The van der Waals surface area contributed by atoms with Gasteiger partial charge in [-0.3, -0.25) is 9.78 Å².